The molecule has 0 unspecified atom stereocenters. The lowest BCUT2D eigenvalue weighted by molar-refractivity contribution is -0.127. The van der Waals surface area contributed by atoms with Gasteiger partial charge in [-0.1, -0.05) is 11.8 Å². The molecule has 1 aromatic rings. The van der Waals surface area contributed by atoms with Gasteiger partial charge >= 0.3 is 6.03 Å². The number of rotatable bonds is 10. The molecule has 3 rings (SSSR count). The van der Waals surface area contributed by atoms with Crippen molar-refractivity contribution in [2.24, 2.45) is 0 Å². The Bertz CT molecular complexity index is 1020. The lowest BCUT2D eigenvalue weighted by Crippen LogP contribution is -2.35. The van der Waals surface area contributed by atoms with Gasteiger partial charge in [0.15, 0.2) is 0 Å². The van der Waals surface area contributed by atoms with Crippen molar-refractivity contribution < 1.29 is 14.4 Å². The van der Waals surface area contributed by atoms with E-state index in [0.29, 0.717) is 36.9 Å². The van der Waals surface area contributed by atoms with Gasteiger partial charge in [-0.05, 0) is 64.0 Å². The number of nitriles is 1. The number of nitrogens with zero attached hydrogens (tertiary/aromatic N) is 4. The van der Waals surface area contributed by atoms with Crippen molar-refractivity contribution in [1.29, 1.82) is 5.26 Å². The first-order valence-corrected chi connectivity index (χ1v) is 13.2. The first kappa shape index (κ1) is 27.4. The lowest BCUT2D eigenvalue weighted by Gasteiger charge is -2.18. The van der Waals surface area contributed by atoms with Gasteiger partial charge in [-0.15, -0.1) is 0 Å². The number of thioether (sulfide) groups is 1. The molecule has 2 heterocycles. The quantitative estimate of drug-likeness (QED) is 0.325. The Morgan fingerprint density at radius 3 is 2.44 bits per heavy atom. The van der Waals surface area contributed by atoms with E-state index in [0.717, 1.165) is 25.3 Å². The summed E-state index contributed by atoms with van der Waals surface area (Å²) in [4.78, 5) is 43.0. The van der Waals surface area contributed by atoms with E-state index in [1.165, 1.54) is 34.4 Å². The fraction of sp³-hybridized carbons (Fsp3) is 0.520. The average molecular weight is 514 g/mol. The second-order valence-corrected chi connectivity index (χ2v) is 9.88. The van der Waals surface area contributed by atoms with Gasteiger partial charge in [-0.25, -0.2) is 4.79 Å². The van der Waals surface area contributed by atoms with E-state index in [1.54, 1.807) is 19.2 Å². The summed E-state index contributed by atoms with van der Waals surface area (Å²) in [6.07, 6.45) is 2.46. The Morgan fingerprint density at radius 2 is 1.83 bits per heavy atom. The summed E-state index contributed by atoms with van der Waals surface area (Å²) in [7, 11) is 1.63. The molecule has 0 saturated carbocycles. The summed E-state index contributed by atoms with van der Waals surface area (Å²) in [5.74, 6) is -0.515. The number of likely N-dealkylation sites (N-methyl/N-ethyl adjacent to an activating group) is 1. The van der Waals surface area contributed by atoms with Crippen molar-refractivity contribution >= 4 is 41.0 Å². The molecule has 194 valence electrons. The van der Waals surface area contributed by atoms with E-state index >= 15 is 0 Å². The maximum atomic E-state index is 12.9. The SMILES string of the molecule is CCN(C)C(=O)/C(C#N)=C1\S[C@H](CNc2ccc(NC(=O)NCCN3CCCC3)cc2)C(=O)N1CC. The first-order chi connectivity index (χ1) is 17.4. The molecule has 2 aliphatic heterocycles. The van der Waals surface area contributed by atoms with Crippen LogP contribution in [0, 0.1) is 11.3 Å². The molecule has 3 N–H and O–H groups in total. The van der Waals surface area contributed by atoms with Gasteiger partial charge in [-0.3, -0.25) is 9.59 Å². The topological polar surface area (TPSA) is 121 Å². The summed E-state index contributed by atoms with van der Waals surface area (Å²) in [5, 5.41) is 18.5. The molecule has 0 aromatic heterocycles. The molecule has 0 bridgehead atoms. The van der Waals surface area contributed by atoms with Gasteiger partial charge in [0.2, 0.25) is 5.91 Å². The maximum Gasteiger partial charge on any atom is 0.319 e. The molecule has 2 fully saturated rings. The van der Waals surface area contributed by atoms with Crippen LogP contribution in [0.1, 0.15) is 26.7 Å². The molecule has 10 nitrogen and oxygen atoms in total. The number of hydrogen-bond donors (Lipinski definition) is 3. The van der Waals surface area contributed by atoms with Gasteiger partial charge in [0, 0.05) is 51.1 Å². The fourth-order valence-electron chi connectivity index (χ4n) is 4.06. The van der Waals surface area contributed by atoms with Crippen molar-refractivity contribution in [3.8, 4) is 6.07 Å². The summed E-state index contributed by atoms with van der Waals surface area (Å²) >= 11 is 1.24. The number of benzene rings is 1. The molecule has 36 heavy (non-hydrogen) atoms. The number of likely N-dealkylation sites (tertiary alicyclic amines) is 1. The van der Waals surface area contributed by atoms with Crippen molar-refractivity contribution in [3.05, 3.63) is 34.9 Å². The lowest BCUT2D eigenvalue weighted by atomic mass is 10.2. The molecule has 2 saturated heterocycles. The predicted octanol–water partition coefficient (Wildman–Crippen LogP) is 2.49. The summed E-state index contributed by atoms with van der Waals surface area (Å²) in [6, 6.07) is 9.01. The number of carbonyl (C=O) groups excluding carboxylic acids is 3. The van der Waals surface area contributed by atoms with Gasteiger partial charge in [-0.2, -0.15) is 5.26 Å². The Balaban J connectivity index is 1.53. The van der Waals surface area contributed by atoms with E-state index in [4.69, 9.17) is 0 Å². The second-order valence-electron chi connectivity index (χ2n) is 8.69. The van der Waals surface area contributed by atoms with Crippen LogP contribution in [-0.2, 0) is 9.59 Å². The minimum absolute atomic E-state index is 0.00353. The second kappa shape index (κ2) is 13.2. The largest absolute Gasteiger partial charge is 0.383 e. The van der Waals surface area contributed by atoms with E-state index in [9.17, 15) is 19.6 Å². The van der Waals surface area contributed by atoms with Crippen LogP contribution < -0.4 is 16.0 Å². The predicted molar refractivity (Wildman–Crippen MR) is 142 cm³/mol. The molecule has 0 aliphatic carbocycles. The van der Waals surface area contributed by atoms with Crippen LogP contribution in [0.4, 0.5) is 16.2 Å². The van der Waals surface area contributed by atoms with E-state index < -0.39 is 5.25 Å². The first-order valence-electron chi connectivity index (χ1n) is 12.4. The van der Waals surface area contributed by atoms with Crippen LogP contribution in [0.15, 0.2) is 34.9 Å². The smallest absolute Gasteiger partial charge is 0.319 e. The van der Waals surface area contributed by atoms with E-state index in [1.807, 2.05) is 32.0 Å². The number of amides is 4. The maximum absolute atomic E-state index is 12.9. The van der Waals surface area contributed by atoms with Gasteiger partial charge in [0.1, 0.15) is 21.9 Å². The number of carbonyl (C=O) groups is 3. The van der Waals surface area contributed by atoms with Crippen molar-refractivity contribution in [1.82, 2.24) is 20.0 Å². The molecule has 0 spiro atoms. The molecule has 0 radical (unpaired) electrons. The monoisotopic (exact) mass is 513 g/mol. The highest BCUT2D eigenvalue weighted by molar-refractivity contribution is 8.04. The summed E-state index contributed by atoms with van der Waals surface area (Å²) in [5.41, 5.74) is 1.47. The normalized spacial score (nSPS) is 19.1. The third-order valence-corrected chi connectivity index (χ3v) is 7.56. The highest BCUT2D eigenvalue weighted by atomic mass is 32.2. The Labute approximate surface area is 217 Å². The third-order valence-electron chi connectivity index (χ3n) is 6.26. The fourth-order valence-corrected chi connectivity index (χ4v) is 5.32. The Hall–Kier alpha value is -3.23. The van der Waals surface area contributed by atoms with Gasteiger partial charge < -0.3 is 30.7 Å². The molecule has 11 heteroatoms. The minimum Gasteiger partial charge on any atom is -0.383 e. The van der Waals surface area contributed by atoms with Crippen molar-refractivity contribution in [3.63, 3.8) is 0 Å². The van der Waals surface area contributed by atoms with Crippen LogP contribution in [0.2, 0.25) is 0 Å². The molecule has 1 atom stereocenters. The summed E-state index contributed by atoms with van der Waals surface area (Å²) in [6.45, 7) is 8.52. The zero-order chi connectivity index (χ0) is 26.1. The van der Waals surface area contributed by atoms with Crippen molar-refractivity contribution in [2.45, 2.75) is 31.9 Å². The van der Waals surface area contributed by atoms with Crippen LogP contribution in [-0.4, -0.2) is 90.7 Å². The van der Waals surface area contributed by atoms with E-state index in [2.05, 4.69) is 20.9 Å². The molecule has 2 aliphatic rings. The zero-order valence-electron chi connectivity index (χ0n) is 21.2. The van der Waals surface area contributed by atoms with E-state index in [-0.39, 0.29) is 23.4 Å². The highest BCUT2D eigenvalue weighted by Gasteiger charge is 2.39. The molecular weight excluding hydrogens is 478 g/mol. The number of hydrogen-bond acceptors (Lipinski definition) is 7. The number of urea groups is 1. The van der Waals surface area contributed by atoms with Crippen molar-refractivity contribution in [2.75, 3.05) is 63.5 Å². The van der Waals surface area contributed by atoms with Gasteiger partial charge in [0.25, 0.3) is 5.91 Å². The Morgan fingerprint density at radius 1 is 1.17 bits per heavy atom. The number of anilines is 2. The number of nitrogens with one attached hydrogen (secondary N) is 3. The molecule has 1 aromatic carbocycles. The third kappa shape index (κ3) is 6.92. The highest BCUT2D eigenvalue weighted by Crippen LogP contribution is 2.37. The van der Waals surface area contributed by atoms with Crippen LogP contribution in [0.5, 0.6) is 0 Å². The minimum atomic E-state index is -0.456. The molecule has 4 amide bonds. The zero-order valence-corrected chi connectivity index (χ0v) is 22.0. The molecular formula is C25H35N7O3S. The summed E-state index contributed by atoms with van der Waals surface area (Å²) < 4.78 is 0. The van der Waals surface area contributed by atoms with Gasteiger partial charge in [0.05, 0.1) is 0 Å². The Kier molecular flexibility index (Phi) is 10.0. The standard InChI is InChI=1S/C25H35N7O3S/c1-4-30(3)22(33)20(16-26)24-32(5-2)23(34)21(36-24)17-28-18-8-10-19(11-9-18)29-25(35)27-12-15-31-13-6-7-14-31/h8-11,21,28H,4-7,12-15,17H2,1-3H3,(H2,27,29,35)/b24-20-/t21-/m1/s1. The van der Waals surface area contributed by atoms with Crippen LogP contribution >= 0.6 is 11.8 Å². The van der Waals surface area contributed by atoms with Crippen LogP contribution in [0.3, 0.4) is 0 Å². The van der Waals surface area contributed by atoms with Crippen LogP contribution in [0.25, 0.3) is 0 Å². The average Bonchev–Trinajstić information content (AvgIpc) is 3.51.